The molecule has 0 saturated carbocycles. The van der Waals surface area contributed by atoms with Crippen LogP contribution < -0.4 is 9.80 Å². The molecule has 3 saturated heterocycles. The predicted molar refractivity (Wildman–Crippen MR) is 104 cm³/mol. The van der Waals surface area contributed by atoms with E-state index in [0.29, 0.717) is 42.9 Å². The van der Waals surface area contributed by atoms with Gasteiger partial charge >= 0.3 is 6.09 Å². The summed E-state index contributed by atoms with van der Waals surface area (Å²) in [6, 6.07) is 1.51. The van der Waals surface area contributed by atoms with Crippen molar-refractivity contribution >= 4 is 28.6 Å². The van der Waals surface area contributed by atoms with Crippen molar-refractivity contribution in [1.29, 1.82) is 0 Å². The van der Waals surface area contributed by atoms with Gasteiger partial charge in [-0.25, -0.2) is 9.18 Å². The molecule has 0 bridgehead atoms. The number of rotatable bonds is 3. The second-order valence-electron chi connectivity index (χ2n) is 8.04. The van der Waals surface area contributed by atoms with Crippen LogP contribution in [0.5, 0.6) is 0 Å². The molecule has 3 aliphatic heterocycles. The Morgan fingerprint density at radius 1 is 1.13 bits per heavy atom. The number of morpholine rings is 1. The fourth-order valence-corrected chi connectivity index (χ4v) is 4.42. The maximum atomic E-state index is 15.9. The first-order valence-electron chi connectivity index (χ1n) is 10.2. The molecule has 0 aliphatic carbocycles. The monoisotopic (exact) mass is 421 g/mol. The first-order valence-corrected chi connectivity index (χ1v) is 10.2. The molecule has 162 valence electrons. The molecule has 0 radical (unpaired) electrons. The predicted octanol–water partition coefficient (Wildman–Crippen LogP) is 2.97. The maximum Gasteiger partial charge on any atom is 0.416 e. The minimum Gasteiger partial charge on any atom is -0.447 e. The summed E-state index contributed by atoms with van der Waals surface area (Å²) in [4.78, 5) is 15.5. The lowest BCUT2D eigenvalue weighted by atomic mass is 10.0. The SMILES string of the molecule is C[C@@H]1CN(c2c(C3OCCO3)cc3c(N4C(=O)OC[C@@H]4C)noc3c2F)C[C@@H](C)O1. The van der Waals surface area contributed by atoms with Gasteiger partial charge in [-0.2, -0.15) is 0 Å². The fraction of sp³-hybridized carbons (Fsp3) is 0.600. The number of carbonyl (C=O) groups is 1. The van der Waals surface area contributed by atoms with Gasteiger partial charge in [0.15, 0.2) is 17.9 Å². The Labute approximate surface area is 172 Å². The Morgan fingerprint density at radius 2 is 1.83 bits per heavy atom. The Kier molecular flexibility index (Phi) is 4.79. The number of anilines is 2. The van der Waals surface area contributed by atoms with Crippen molar-refractivity contribution in [2.75, 3.05) is 42.7 Å². The number of hydrogen-bond acceptors (Lipinski definition) is 8. The zero-order valence-electron chi connectivity index (χ0n) is 17.1. The molecule has 10 heteroatoms. The Bertz CT molecular complexity index is 965. The molecule has 1 aromatic heterocycles. The zero-order chi connectivity index (χ0) is 21.0. The largest absolute Gasteiger partial charge is 0.447 e. The zero-order valence-corrected chi connectivity index (χ0v) is 17.1. The highest BCUT2D eigenvalue weighted by atomic mass is 19.1. The van der Waals surface area contributed by atoms with E-state index in [-0.39, 0.29) is 36.3 Å². The molecule has 0 spiro atoms. The van der Waals surface area contributed by atoms with E-state index >= 15 is 4.39 Å². The van der Waals surface area contributed by atoms with Crippen molar-refractivity contribution in [3.05, 3.63) is 17.4 Å². The quantitative estimate of drug-likeness (QED) is 0.748. The summed E-state index contributed by atoms with van der Waals surface area (Å²) < 4.78 is 43.5. The van der Waals surface area contributed by atoms with Crippen molar-refractivity contribution in [3.63, 3.8) is 0 Å². The highest BCUT2D eigenvalue weighted by Gasteiger charge is 2.38. The molecule has 9 nitrogen and oxygen atoms in total. The molecule has 2 aromatic rings. The van der Waals surface area contributed by atoms with Crippen LogP contribution in [-0.2, 0) is 18.9 Å². The molecule has 30 heavy (non-hydrogen) atoms. The smallest absolute Gasteiger partial charge is 0.416 e. The second-order valence-corrected chi connectivity index (χ2v) is 8.04. The third-order valence-corrected chi connectivity index (χ3v) is 5.61. The lowest BCUT2D eigenvalue weighted by Gasteiger charge is -2.38. The van der Waals surface area contributed by atoms with Gasteiger partial charge in [0.2, 0.25) is 5.58 Å². The Balaban J connectivity index is 1.67. The molecule has 4 heterocycles. The molecule has 5 rings (SSSR count). The summed E-state index contributed by atoms with van der Waals surface area (Å²) in [6.45, 7) is 7.85. The number of nitrogens with zero attached hydrogens (tertiary/aromatic N) is 3. The summed E-state index contributed by atoms with van der Waals surface area (Å²) in [5.41, 5.74) is 0.889. The maximum absolute atomic E-state index is 15.9. The van der Waals surface area contributed by atoms with Gasteiger partial charge in [0, 0.05) is 18.7 Å². The van der Waals surface area contributed by atoms with E-state index in [1.807, 2.05) is 25.7 Å². The van der Waals surface area contributed by atoms with Crippen molar-refractivity contribution in [3.8, 4) is 0 Å². The number of benzene rings is 1. The lowest BCUT2D eigenvalue weighted by molar-refractivity contribution is -0.0445. The third kappa shape index (κ3) is 3.10. The average Bonchev–Trinajstić information content (AvgIpc) is 3.42. The summed E-state index contributed by atoms with van der Waals surface area (Å²) in [6.07, 6.45) is -1.37. The first-order chi connectivity index (χ1) is 14.4. The van der Waals surface area contributed by atoms with Gasteiger partial charge in [-0.1, -0.05) is 5.16 Å². The third-order valence-electron chi connectivity index (χ3n) is 5.61. The van der Waals surface area contributed by atoms with E-state index < -0.39 is 18.2 Å². The number of fused-ring (bicyclic) bond motifs is 1. The highest BCUT2D eigenvalue weighted by Crippen LogP contribution is 2.42. The van der Waals surface area contributed by atoms with Crippen LogP contribution in [0, 0.1) is 5.82 Å². The van der Waals surface area contributed by atoms with Crippen molar-refractivity contribution in [1.82, 2.24) is 5.16 Å². The summed E-state index contributed by atoms with van der Waals surface area (Å²) in [5, 5.41) is 4.39. The van der Waals surface area contributed by atoms with Crippen LogP contribution in [0.3, 0.4) is 0 Å². The second kappa shape index (κ2) is 7.36. The number of hydrogen-bond donors (Lipinski definition) is 0. The minimum atomic E-state index is -0.710. The number of carbonyl (C=O) groups excluding carboxylic acids is 1. The number of cyclic esters (lactones) is 1. The number of ether oxygens (including phenoxy) is 4. The van der Waals surface area contributed by atoms with Crippen LogP contribution in [0.2, 0.25) is 0 Å². The number of halogens is 1. The van der Waals surface area contributed by atoms with E-state index in [9.17, 15) is 4.79 Å². The number of aromatic nitrogens is 1. The van der Waals surface area contributed by atoms with E-state index in [4.69, 9.17) is 23.5 Å². The van der Waals surface area contributed by atoms with Crippen LogP contribution in [0.1, 0.15) is 32.6 Å². The van der Waals surface area contributed by atoms with Crippen LogP contribution in [0.4, 0.5) is 20.7 Å². The summed E-state index contributed by atoms with van der Waals surface area (Å²) >= 11 is 0. The van der Waals surface area contributed by atoms with Gasteiger partial charge < -0.3 is 28.4 Å². The molecular formula is C20H24FN3O6. The van der Waals surface area contributed by atoms with Gasteiger partial charge in [0.1, 0.15) is 6.61 Å². The molecule has 3 aliphatic rings. The van der Waals surface area contributed by atoms with Crippen LogP contribution in [-0.4, -0.2) is 62.4 Å². The summed E-state index contributed by atoms with van der Waals surface area (Å²) in [7, 11) is 0. The standard InChI is InChI=1S/C20H24FN3O6/c1-10-9-28-20(25)24(10)18-14-6-13(19-26-4-5-27-19)16(15(21)17(14)30-22-18)23-7-11(2)29-12(3)8-23/h6,10-12,19H,4-5,7-9H2,1-3H3/t10-,11+,12+/m0/s1. The summed E-state index contributed by atoms with van der Waals surface area (Å²) in [5.74, 6) is -0.324. The molecule has 3 atom stereocenters. The molecule has 1 aromatic carbocycles. The number of amides is 1. The molecule has 1 amide bonds. The van der Waals surface area contributed by atoms with Gasteiger partial charge in [0.05, 0.1) is 42.5 Å². The van der Waals surface area contributed by atoms with Crippen molar-refractivity contribution in [2.45, 2.75) is 45.3 Å². The molecule has 0 unspecified atom stereocenters. The van der Waals surface area contributed by atoms with E-state index in [0.717, 1.165) is 0 Å². The topological polar surface area (TPSA) is 86.5 Å². The fourth-order valence-electron chi connectivity index (χ4n) is 4.42. The lowest BCUT2D eigenvalue weighted by Crippen LogP contribution is -2.46. The first kappa shape index (κ1) is 19.5. The minimum absolute atomic E-state index is 0.0135. The van der Waals surface area contributed by atoms with Gasteiger partial charge in [-0.3, -0.25) is 4.90 Å². The van der Waals surface area contributed by atoms with Crippen LogP contribution >= 0.6 is 0 Å². The Morgan fingerprint density at radius 3 is 2.47 bits per heavy atom. The average molecular weight is 421 g/mol. The Hall–Kier alpha value is -2.43. The van der Waals surface area contributed by atoms with Crippen molar-refractivity contribution in [2.24, 2.45) is 0 Å². The molecular weight excluding hydrogens is 397 g/mol. The molecule has 0 N–H and O–H groups in total. The van der Waals surface area contributed by atoms with Gasteiger partial charge in [-0.05, 0) is 26.8 Å². The van der Waals surface area contributed by atoms with Gasteiger partial charge in [0.25, 0.3) is 0 Å². The molecule has 3 fully saturated rings. The van der Waals surface area contributed by atoms with Crippen LogP contribution in [0.25, 0.3) is 11.0 Å². The van der Waals surface area contributed by atoms with Gasteiger partial charge in [-0.15, -0.1) is 0 Å². The van der Waals surface area contributed by atoms with E-state index in [2.05, 4.69) is 5.16 Å². The van der Waals surface area contributed by atoms with E-state index in [1.54, 1.807) is 6.07 Å². The van der Waals surface area contributed by atoms with E-state index in [1.165, 1.54) is 4.90 Å². The normalized spacial score (nSPS) is 28.0. The van der Waals surface area contributed by atoms with Crippen molar-refractivity contribution < 1.29 is 32.7 Å². The highest BCUT2D eigenvalue weighted by molar-refractivity contribution is 6.01. The van der Waals surface area contributed by atoms with Crippen LogP contribution in [0.15, 0.2) is 10.6 Å².